The van der Waals surface area contributed by atoms with Gasteiger partial charge in [-0.05, 0) is 32.8 Å². The van der Waals surface area contributed by atoms with Crippen molar-refractivity contribution < 1.29 is 34.0 Å². The molecule has 3 rings (SSSR count). The van der Waals surface area contributed by atoms with Crippen molar-refractivity contribution in [2.45, 2.75) is 82.4 Å². The van der Waals surface area contributed by atoms with Gasteiger partial charge in [0, 0.05) is 12.6 Å². The molecule has 7 atom stereocenters. The Labute approximate surface area is 184 Å². The van der Waals surface area contributed by atoms with Gasteiger partial charge in [-0.15, -0.1) is 0 Å². The van der Waals surface area contributed by atoms with Crippen LogP contribution in [0.3, 0.4) is 0 Å². The average Bonchev–Trinajstić information content (AvgIpc) is 3.23. The molecule has 1 aliphatic heterocycles. The molecule has 2 aromatic rings. The zero-order valence-electron chi connectivity index (χ0n) is 18.4. The molecule has 13 heteroatoms. The summed E-state index contributed by atoms with van der Waals surface area (Å²) in [5.41, 5.74) is 4.10. The lowest BCUT2D eigenvalue weighted by molar-refractivity contribution is -0.0688. The van der Waals surface area contributed by atoms with Gasteiger partial charge in [-0.2, -0.15) is 4.98 Å². The third-order valence-corrected chi connectivity index (χ3v) is 8.44. The Balaban J connectivity index is 1.86. The van der Waals surface area contributed by atoms with Crippen molar-refractivity contribution in [3.8, 4) is 0 Å². The Morgan fingerprint density at radius 1 is 1.31 bits per heavy atom. The third-order valence-electron chi connectivity index (χ3n) is 6.21. The number of nitrogen functional groups attached to an aromatic ring is 1. The fourth-order valence-electron chi connectivity index (χ4n) is 3.66. The van der Waals surface area contributed by atoms with Crippen LogP contribution >= 0.6 is 7.60 Å². The van der Waals surface area contributed by atoms with Crippen molar-refractivity contribution in [2.75, 3.05) is 5.73 Å². The molecule has 1 aliphatic rings. The van der Waals surface area contributed by atoms with Gasteiger partial charge in [0.05, 0.1) is 17.1 Å². The molecular weight excluding hydrogens is 443 g/mol. The van der Waals surface area contributed by atoms with Gasteiger partial charge in [0.1, 0.15) is 12.2 Å². The summed E-state index contributed by atoms with van der Waals surface area (Å²) in [4.78, 5) is 28.9. The van der Waals surface area contributed by atoms with E-state index < -0.39 is 48.6 Å². The molecule has 0 aliphatic carbocycles. The number of aliphatic hydroxyl groups excluding tert-OH is 2. The maximum atomic E-state index is 12.7. The number of aromatic nitrogens is 3. The number of ether oxygens (including phenoxy) is 1. The molecular formula is C19H31N4O8P. The van der Waals surface area contributed by atoms with Crippen molar-refractivity contribution in [1.29, 1.82) is 0 Å². The number of anilines is 1. The second-order valence-corrected chi connectivity index (χ2v) is 10.8. The van der Waals surface area contributed by atoms with Crippen LogP contribution in [-0.4, -0.2) is 64.0 Å². The minimum Gasteiger partial charge on any atom is -0.388 e. The van der Waals surface area contributed by atoms with Gasteiger partial charge < -0.3 is 39.8 Å². The highest BCUT2D eigenvalue weighted by atomic mass is 31.2. The largest absolute Gasteiger partial charge is 0.388 e. The highest BCUT2D eigenvalue weighted by Crippen LogP contribution is 2.59. The first-order valence-corrected chi connectivity index (χ1v) is 12.0. The second kappa shape index (κ2) is 8.53. The van der Waals surface area contributed by atoms with E-state index in [1.54, 1.807) is 20.8 Å². The molecule has 3 heterocycles. The van der Waals surface area contributed by atoms with Crippen molar-refractivity contribution >= 4 is 24.6 Å². The van der Waals surface area contributed by atoms with E-state index in [4.69, 9.17) is 15.0 Å². The Morgan fingerprint density at radius 3 is 2.56 bits per heavy atom. The molecule has 0 spiro atoms. The summed E-state index contributed by atoms with van der Waals surface area (Å²) in [6.07, 6.45) is -3.06. The number of H-pyrrole nitrogens is 1. The molecule has 12 nitrogen and oxygen atoms in total. The zero-order chi connectivity index (χ0) is 24.1. The van der Waals surface area contributed by atoms with Crippen LogP contribution < -0.4 is 11.3 Å². The number of aliphatic hydroxyl groups is 3. The maximum Gasteiger partial charge on any atom is 0.359 e. The predicted molar refractivity (Wildman–Crippen MR) is 116 cm³/mol. The normalized spacial score (nSPS) is 29.5. The predicted octanol–water partition coefficient (Wildman–Crippen LogP) is 0.805. The minimum atomic E-state index is -4.44. The molecule has 180 valence electrons. The quantitative estimate of drug-likeness (QED) is 0.298. The summed E-state index contributed by atoms with van der Waals surface area (Å²) in [6, 6.07) is 1.49. The maximum absolute atomic E-state index is 12.7. The van der Waals surface area contributed by atoms with E-state index >= 15 is 0 Å². The van der Waals surface area contributed by atoms with E-state index in [0.29, 0.717) is 0 Å². The van der Waals surface area contributed by atoms with Gasteiger partial charge >= 0.3 is 7.60 Å². The van der Waals surface area contributed by atoms with Gasteiger partial charge in [0.25, 0.3) is 5.56 Å². The topological polar surface area (TPSA) is 193 Å². The lowest BCUT2D eigenvalue weighted by Crippen LogP contribution is -2.40. The minimum absolute atomic E-state index is 0.000120. The zero-order valence-corrected chi connectivity index (χ0v) is 19.3. The number of nitrogens with two attached hydrogens (primary N) is 1. The molecule has 1 fully saturated rings. The van der Waals surface area contributed by atoms with E-state index in [1.807, 2.05) is 0 Å². The van der Waals surface area contributed by atoms with Crippen LogP contribution in [0.25, 0.3) is 11.0 Å². The fraction of sp³-hybridized carbons (Fsp3) is 0.684. The van der Waals surface area contributed by atoms with Crippen LogP contribution in [0.5, 0.6) is 0 Å². The van der Waals surface area contributed by atoms with E-state index in [9.17, 15) is 29.6 Å². The monoisotopic (exact) mass is 474 g/mol. The Morgan fingerprint density at radius 2 is 1.97 bits per heavy atom. The van der Waals surface area contributed by atoms with Gasteiger partial charge in [-0.3, -0.25) is 14.3 Å². The number of rotatable bonds is 8. The van der Waals surface area contributed by atoms with E-state index in [-0.39, 0.29) is 36.2 Å². The lowest BCUT2D eigenvalue weighted by atomic mass is 9.93. The highest BCUT2D eigenvalue weighted by molar-refractivity contribution is 7.54. The average molecular weight is 474 g/mol. The first kappa shape index (κ1) is 24.8. The third kappa shape index (κ3) is 4.36. The lowest BCUT2D eigenvalue weighted by Gasteiger charge is -2.37. The van der Waals surface area contributed by atoms with Crippen LogP contribution in [0.15, 0.2) is 17.1 Å². The molecule has 3 unspecified atom stereocenters. The van der Waals surface area contributed by atoms with Crippen LogP contribution in [0, 0.1) is 0 Å². The van der Waals surface area contributed by atoms with Gasteiger partial charge in [-0.25, -0.2) is 0 Å². The Hall–Kier alpha value is -1.79. The molecule has 0 bridgehead atoms. The molecule has 2 aromatic heterocycles. The summed E-state index contributed by atoms with van der Waals surface area (Å²) < 4.78 is 25.5. The summed E-state index contributed by atoms with van der Waals surface area (Å²) in [7, 11) is -4.44. The first-order chi connectivity index (χ1) is 14.7. The molecule has 0 amide bonds. The standard InChI is InChI=1S/C19H31N4O8P/c1-5-18(3,31-32(28,29)19(4,27)6-2)9-11-12(24)13(25)16(30-11)23-8-7-10-14(23)21-17(20)22-15(10)26/h7-8,11-13,16,24-25,27H,5-6,9H2,1-4H3,(H,28,29)(H3,20,21,22,26)/t11-,12-,13-,16?,18?,19-/m1/s1. The highest BCUT2D eigenvalue weighted by Gasteiger charge is 2.50. The van der Waals surface area contributed by atoms with Crippen molar-refractivity contribution in [3.05, 3.63) is 22.6 Å². The van der Waals surface area contributed by atoms with Gasteiger partial charge in [0.2, 0.25) is 5.95 Å². The molecule has 1 saturated heterocycles. The van der Waals surface area contributed by atoms with Crippen LogP contribution in [0.1, 0.15) is 53.2 Å². The van der Waals surface area contributed by atoms with Crippen LogP contribution in [0.2, 0.25) is 0 Å². The van der Waals surface area contributed by atoms with Crippen molar-refractivity contribution in [3.63, 3.8) is 0 Å². The summed E-state index contributed by atoms with van der Waals surface area (Å²) in [6.45, 7) is 6.09. The van der Waals surface area contributed by atoms with Crippen LogP contribution in [-0.2, 0) is 13.8 Å². The Kier molecular flexibility index (Phi) is 6.62. The SMILES string of the molecule is CCC(C)(C[C@H]1OC(n2ccc3c(=O)[nH]c(N)nc32)[C@H](O)[C@@H]1O)OP(=O)(O)[C@@](C)(O)CC. The Bertz CT molecular complexity index is 1080. The fourth-order valence-corrected chi connectivity index (χ4v) is 5.06. The molecule has 32 heavy (non-hydrogen) atoms. The first-order valence-electron chi connectivity index (χ1n) is 10.4. The van der Waals surface area contributed by atoms with Gasteiger partial charge in [0.15, 0.2) is 17.2 Å². The number of hydrogen-bond acceptors (Lipinski definition) is 9. The number of aromatic amines is 1. The summed E-state index contributed by atoms with van der Waals surface area (Å²) >= 11 is 0. The number of fused-ring (bicyclic) bond motifs is 1. The van der Waals surface area contributed by atoms with E-state index in [1.165, 1.54) is 23.8 Å². The van der Waals surface area contributed by atoms with E-state index in [0.717, 1.165) is 0 Å². The van der Waals surface area contributed by atoms with Crippen molar-refractivity contribution in [2.24, 2.45) is 0 Å². The molecule has 0 saturated carbocycles. The molecule has 0 aromatic carbocycles. The summed E-state index contributed by atoms with van der Waals surface area (Å²) in [5, 5.41) is 29.8. The molecule has 0 radical (unpaired) electrons. The summed E-state index contributed by atoms with van der Waals surface area (Å²) in [5.74, 6) is -0.110. The number of nitrogens with one attached hydrogen (secondary N) is 1. The van der Waals surface area contributed by atoms with Gasteiger partial charge in [-0.1, -0.05) is 13.8 Å². The number of hydrogen-bond donors (Lipinski definition) is 6. The van der Waals surface area contributed by atoms with Crippen LogP contribution in [0.4, 0.5) is 5.95 Å². The smallest absolute Gasteiger partial charge is 0.359 e. The van der Waals surface area contributed by atoms with E-state index in [2.05, 4.69) is 9.97 Å². The second-order valence-electron chi connectivity index (χ2n) is 8.65. The molecule has 7 N–H and O–H groups in total. The number of nitrogens with zero attached hydrogens (tertiary/aromatic N) is 2. The van der Waals surface area contributed by atoms with Crippen molar-refractivity contribution in [1.82, 2.24) is 14.5 Å².